The van der Waals surface area contributed by atoms with Crippen molar-refractivity contribution in [2.45, 2.75) is 26.9 Å². The van der Waals surface area contributed by atoms with Gasteiger partial charge in [0.1, 0.15) is 6.54 Å². The first-order valence-electron chi connectivity index (χ1n) is 6.60. The van der Waals surface area contributed by atoms with E-state index in [0.717, 1.165) is 11.4 Å². The Balaban J connectivity index is 1.61. The minimum atomic E-state index is -0.142. The Morgan fingerprint density at radius 1 is 1.43 bits per heavy atom. The first-order chi connectivity index (χ1) is 10.1. The van der Waals surface area contributed by atoms with E-state index < -0.39 is 0 Å². The summed E-state index contributed by atoms with van der Waals surface area (Å²) >= 11 is 0. The Bertz CT molecular complexity index is 757. The lowest BCUT2D eigenvalue weighted by atomic mass is 10.4. The zero-order valence-corrected chi connectivity index (χ0v) is 11.8. The van der Waals surface area contributed by atoms with Gasteiger partial charge in [-0.15, -0.1) is 0 Å². The fourth-order valence-electron chi connectivity index (χ4n) is 2.09. The van der Waals surface area contributed by atoms with Gasteiger partial charge in [0.15, 0.2) is 11.2 Å². The van der Waals surface area contributed by atoms with Gasteiger partial charge in [0.2, 0.25) is 11.8 Å². The van der Waals surface area contributed by atoms with E-state index in [1.807, 2.05) is 19.9 Å². The van der Waals surface area contributed by atoms with Crippen LogP contribution < -0.4 is 5.32 Å². The average molecular weight is 285 g/mol. The maximum absolute atomic E-state index is 11.9. The number of nitrogens with zero attached hydrogens (tertiary/aromatic N) is 4. The van der Waals surface area contributed by atoms with Crippen molar-refractivity contribution in [2.24, 2.45) is 0 Å². The quantitative estimate of drug-likeness (QED) is 0.782. The monoisotopic (exact) mass is 285 g/mol. The van der Waals surface area contributed by atoms with Crippen LogP contribution in [0.4, 0.5) is 0 Å². The summed E-state index contributed by atoms with van der Waals surface area (Å²) in [6, 6.07) is 5.50. The van der Waals surface area contributed by atoms with Crippen molar-refractivity contribution in [2.75, 3.05) is 0 Å². The topological polar surface area (TPSA) is 85.8 Å². The van der Waals surface area contributed by atoms with Gasteiger partial charge in [-0.05, 0) is 32.0 Å². The molecule has 0 aromatic carbocycles. The molecule has 0 atom stereocenters. The predicted molar refractivity (Wildman–Crippen MR) is 75.4 cm³/mol. The van der Waals surface area contributed by atoms with Gasteiger partial charge < -0.3 is 9.73 Å². The summed E-state index contributed by atoms with van der Waals surface area (Å²) in [6.45, 7) is 4.22. The Hall–Kier alpha value is -2.70. The summed E-state index contributed by atoms with van der Waals surface area (Å²) in [4.78, 5) is 20.2. The molecule has 0 aliphatic rings. The normalized spacial score (nSPS) is 11.0. The number of fused-ring (bicyclic) bond motifs is 1. The van der Waals surface area contributed by atoms with Gasteiger partial charge in [0.05, 0.1) is 12.2 Å². The summed E-state index contributed by atoms with van der Waals surface area (Å²) < 4.78 is 7.15. The number of pyridine rings is 1. The van der Waals surface area contributed by atoms with E-state index in [2.05, 4.69) is 20.4 Å². The smallest absolute Gasteiger partial charge is 0.242 e. The SMILES string of the molecule is Cc1cc(C)n(CC(=O)NCc2nc3ncccc3o2)n1. The second-order valence-corrected chi connectivity index (χ2v) is 4.79. The van der Waals surface area contributed by atoms with Crippen LogP contribution in [0.1, 0.15) is 17.3 Å². The Kier molecular flexibility index (Phi) is 3.39. The van der Waals surface area contributed by atoms with Crippen LogP contribution >= 0.6 is 0 Å². The van der Waals surface area contributed by atoms with Crippen LogP contribution in [0, 0.1) is 13.8 Å². The number of amides is 1. The molecule has 0 radical (unpaired) electrons. The second kappa shape index (κ2) is 5.35. The maximum Gasteiger partial charge on any atom is 0.242 e. The van der Waals surface area contributed by atoms with Gasteiger partial charge in [-0.1, -0.05) is 0 Å². The van der Waals surface area contributed by atoms with E-state index in [-0.39, 0.29) is 19.0 Å². The molecule has 0 aliphatic heterocycles. The highest BCUT2D eigenvalue weighted by Crippen LogP contribution is 2.11. The lowest BCUT2D eigenvalue weighted by Gasteiger charge is -2.04. The van der Waals surface area contributed by atoms with Crippen LogP contribution in [-0.2, 0) is 17.9 Å². The van der Waals surface area contributed by atoms with Crippen molar-refractivity contribution in [3.05, 3.63) is 41.7 Å². The van der Waals surface area contributed by atoms with E-state index >= 15 is 0 Å². The molecular weight excluding hydrogens is 270 g/mol. The average Bonchev–Trinajstić information content (AvgIpc) is 2.99. The van der Waals surface area contributed by atoms with Crippen LogP contribution in [0.3, 0.4) is 0 Å². The number of carbonyl (C=O) groups excluding carboxylic acids is 1. The molecule has 0 saturated heterocycles. The third-order valence-electron chi connectivity index (χ3n) is 3.04. The number of hydrogen-bond donors (Lipinski definition) is 1. The number of rotatable bonds is 4. The lowest BCUT2D eigenvalue weighted by molar-refractivity contribution is -0.122. The Morgan fingerprint density at radius 3 is 3.00 bits per heavy atom. The molecular formula is C14H15N5O2. The standard InChI is InChI=1S/C14H15N5O2/c1-9-6-10(2)19(18-9)8-12(20)16-7-13-17-14-11(21-13)4-3-5-15-14/h3-6H,7-8H2,1-2H3,(H,16,20). The molecule has 3 heterocycles. The molecule has 108 valence electrons. The summed E-state index contributed by atoms with van der Waals surface area (Å²) in [5.41, 5.74) is 3.00. The molecule has 1 amide bonds. The van der Waals surface area contributed by atoms with Crippen LogP contribution in [0.25, 0.3) is 11.2 Å². The highest BCUT2D eigenvalue weighted by molar-refractivity contribution is 5.75. The zero-order valence-electron chi connectivity index (χ0n) is 11.8. The van der Waals surface area contributed by atoms with Gasteiger partial charge >= 0.3 is 0 Å². The number of nitrogens with one attached hydrogen (secondary N) is 1. The minimum absolute atomic E-state index is 0.142. The van der Waals surface area contributed by atoms with Crippen molar-refractivity contribution >= 4 is 17.1 Å². The van der Waals surface area contributed by atoms with E-state index in [0.29, 0.717) is 17.1 Å². The molecule has 1 N–H and O–H groups in total. The minimum Gasteiger partial charge on any atom is -0.437 e. The van der Waals surface area contributed by atoms with Crippen molar-refractivity contribution in [1.29, 1.82) is 0 Å². The third-order valence-corrected chi connectivity index (χ3v) is 3.04. The van der Waals surface area contributed by atoms with E-state index in [4.69, 9.17) is 4.42 Å². The van der Waals surface area contributed by atoms with Gasteiger partial charge in [-0.25, -0.2) is 4.98 Å². The fourth-order valence-corrected chi connectivity index (χ4v) is 2.09. The lowest BCUT2D eigenvalue weighted by Crippen LogP contribution is -2.28. The van der Waals surface area contributed by atoms with Crippen LogP contribution in [0.5, 0.6) is 0 Å². The van der Waals surface area contributed by atoms with E-state index in [9.17, 15) is 4.79 Å². The number of oxazole rings is 1. The van der Waals surface area contributed by atoms with Crippen LogP contribution in [0.15, 0.2) is 28.8 Å². The highest BCUT2D eigenvalue weighted by Gasteiger charge is 2.10. The van der Waals surface area contributed by atoms with Crippen molar-refractivity contribution in [3.8, 4) is 0 Å². The van der Waals surface area contributed by atoms with Gasteiger partial charge in [0.25, 0.3) is 0 Å². The highest BCUT2D eigenvalue weighted by atomic mass is 16.3. The molecule has 21 heavy (non-hydrogen) atoms. The molecule has 3 rings (SSSR count). The van der Waals surface area contributed by atoms with Crippen molar-refractivity contribution < 1.29 is 9.21 Å². The van der Waals surface area contributed by atoms with E-state index in [1.54, 1.807) is 23.0 Å². The molecule has 3 aromatic heterocycles. The van der Waals surface area contributed by atoms with Gasteiger partial charge in [-0.3, -0.25) is 9.48 Å². The number of aromatic nitrogens is 4. The van der Waals surface area contributed by atoms with E-state index in [1.165, 1.54) is 0 Å². The zero-order chi connectivity index (χ0) is 14.8. The maximum atomic E-state index is 11.9. The van der Waals surface area contributed by atoms with Crippen LogP contribution in [-0.4, -0.2) is 25.7 Å². The summed E-state index contributed by atoms with van der Waals surface area (Å²) in [7, 11) is 0. The fraction of sp³-hybridized carbons (Fsp3) is 0.286. The molecule has 7 heteroatoms. The molecule has 3 aromatic rings. The predicted octanol–water partition coefficient (Wildman–Crippen LogP) is 1.35. The van der Waals surface area contributed by atoms with Crippen LogP contribution in [0.2, 0.25) is 0 Å². The van der Waals surface area contributed by atoms with Crippen molar-refractivity contribution in [3.63, 3.8) is 0 Å². The summed E-state index contributed by atoms with van der Waals surface area (Å²) in [5.74, 6) is 0.293. The first-order valence-corrected chi connectivity index (χ1v) is 6.60. The molecule has 0 fully saturated rings. The molecule has 0 unspecified atom stereocenters. The molecule has 0 saturated carbocycles. The largest absolute Gasteiger partial charge is 0.437 e. The third kappa shape index (κ3) is 2.91. The molecule has 0 bridgehead atoms. The summed E-state index contributed by atoms with van der Waals surface area (Å²) in [5, 5.41) is 7.01. The Morgan fingerprint density at radius 2 is 2.29 bits per heavy atom. The molecule has 0 spiro atoms. The van der Waals surface area contributed by atoms with Crippen molar-refractivity contribution in [1.82, 2.24) is 25.1 Å². The van der Waals surface area contributed by atoms with Gasteiger partial charge in [0, 0.05) is 11.9 Å². The molecule has 7 nitrogen and oxygen atoms in total. The summed E-state index contributed by atoms with van der Waals surface area (Å²) in [6.07, 6.45) is 1.65. The number of hydrogen-bond acceptors (Lipinski definition) is 5. The Labute approximate surface area is 121 Å². The molecule has 0 aliphatic carbocycles. The number of carbonyl (C=O) groups is 1. The first kappa shape index (κ1) is 13.3. The number of aryl methyl sites for hydroxylation is 2. The van der Waals surface area contributed by atoms with Gasteiger partial charge in [-0.2, -0.15) is 10.1 Å². The second-order valence-electron chi connectivity index (χ2n) is 4.79.